The molecule has 1 aromatic carbocycles. The number of hydrogen-bond acceptors (Lipinski definition) is 5. The number of hydrogen-bond donors (Lipinski definition) is 2. The summed E-state index contributed by atoms with van der Waals surface area (Å²) < 4.78 is 1.32. The Bertz CT molecular complexity index is 618. The van der Waals surface area contributed by atoms with Crippen molar-refractivity contribution in [3.05, 3.63) is 35.2 Å². The summed E-state index contributed by atoms with van der Waals surface area (Å²) in [5.74, 6) is -1.91. The van der Waals surface area contributed by atoms with E-state index in [9.17, 15) is 9.59 Å². The highest BCUT2D eigenvalue weighted by molar-refractivity contribution is 5.94. The number of carboxylic acid groups (broad SMARTS) is 2. The lowest BCUT2D eigenvalue weighted by Crippen LogP contribution is -2.08. The summed E-state index contributed by atoms with van der Waals surface area (Å²) in [4.78, 5) is 22.0. The molecule has 0 saturated heterocycles. The fraction of sp³-hybridized carbons (Fsp3) is 0.182. The Kier molecular flexibility index (Phi) is 3.23. The van der Waals surface area contributed by atoms with Crippen molar-refractivity contribution in [2.45, 2.75) is 13.3 Å². The van der Waals surface area contributed by atoms with Crippen LogP contribution in [0, 0.1) is 0 Å². The highest BCUT2D eigenvalue weighted by Crippen LogP contribution is 2.15. The van der Waals surface area contributed by atoms with E-state index < -0.39 is 11.9 Å². The Morgan fingerprint density at radius 2 is 1.74 bits per heavy atom. The second-order valence-electron chi connectivity index (χ2n) is 3.74. The highest BCUT2D eigenvalue weighted by atomic mass is 16.4. The molecule has 2 N–H and O–H groups in total. The van der Waals surface area contributed by atoms with Gasteiger partial charge in [-0.25, -0.2) is 9.59 Å². The van der Waals surface area contributed by atoms with E-state index in [-0.39, 0.29) is 11.1 Å². The molecule has 0 aliphatic carbocycles. The molecule has 2 aromatic rings. The zero-order valence-corrected chi connectivity index (χ0v) is 9.94. The van der Waals surface area contributed by atoms with Crippen LogP contribution in [0.3, 0.4) is 0 Å². The maximum absolute atomic E-state index is 11.0. The molecule has 19 heavy (non-hydrogen) atoms. The van der Waals surface area contributed by atoms with Gasteiger partial charge in [-0.15, -0.1) is 5.10 Å². The molecule has 1 heterocycles. The topological polar surface area (TPSA) is 118 Å². The van der Waals surface area contributed by atoms with Crippen LogP contribution in [0.15, 0.2) is 18.2 Å². The number of carbonyl (C=O) groups is 2. The van der Waals surface area contributed by atoms with E-state index in [4.69, 9.17) is 10.2 Å². The number of aryl methyl sites for hydroxylation is 1. The average Bonchev–Trinajstić information content (AvgIpc) is 2.86. The van der Waals surface area contributed by atoms with Gasteiger partial charge in [0.05, 0.1) is 16.8 Å². The van der Waals surface area contributed by atoms with E-state index in [1.165, 1.54) is 16.8 Å². The Morgan fingerprint density at radius 1 is 1.16 bits per heavy atom. The SMILES string of the molecule is CCc1nnnn1-c1cc(C(=O)O)cc(C(=O)O)c1. The molecule has 2 rings (SSSR count). The van der Waals surface area contributed by atoms with Gasteiger partial charge in [0.15, 0.2) is 5.82 Å². The highest BCUT2D eigenvalue weighted by Gasteiger charge is 2.14. The van der Waals surface area contributed by atoms with Crippen LogP contribution in [-0.2, 0) is 6.42 Å². The van der Waals surface area contributed by atoms with Crippen LogP contribution >= 0.6 is 0 Å². The van der Waals surface area contributed by atoms with Crippen LogP contribution in [-0.4, -0.2) is 42.4 Å². The van der Waals surface area contributed by atoms with Gasteiger partial charge in [0, 0.05) is 6.42 Å². The first-order valence-electron chi connectivity index (χ1n) is 5.42. The number of benzene rings is 1. The van der Waals surface area contributed by atoms with Crippen molar-refractivity contribution < 1.29 is 19.8 Å². The first kappa shape index (κ1) is 12.7. The summed E-state index contributed by atoms with van der Waals surface area (Å²) in [6.45, 7) is 1.83. The van der Waals surface area contributed by atoms with Crippen molar-refractivity contribution in [1.29, 1.82) is 0 Å². The molecule has 0 fully saturated rings. The van der Waals surface area contributed by atoms with Crippen molar-refractivity contribution in [2.75, 3.05) is 0 Å². The second kappa shape index (κ2) is 4.84. The predicted molar refractivity (Wildman–Crippen MR) is 62.5 cm³/mol. The van der Waals surface area contributed by atoms with Gasteiger partial charge >= 0.3 is 11.9 Å². The summed E-state index contributed by atoms with van der Waals surface area (Å²) in [7, 11) is 0. The number of aromatic carboxylic acids is 2. The third-order valence-corrected chi connectivity index (χ3v) is 2.51. The number of nitrogens with zero attached hydrogens (tertiary/aromatic N) is 4. The number of tetrazole rings is 1. The van der Waals surface area contributed by atoms with E-state index in [2.05, 4.69) is 15.5 Å². The van der Waals surface area contributed by atoms with Crippen LogP contribution < -0.4 is 0 Å². The summed E-state index contributed by atoms with van der Waals surface area (Å²) in [5.41, 5.74) is 0.0408. The van der Waals surface area contributed by atoms with Gasteiger partial charge in [-0.05, 0) is 28.6 Å². The molecule has 0 amide bonds. The fourth-order valence-electron chi connectivity index (χ4n) is 1.61. The third kappa shape index (κ3) is 2.41. The van der Waals surface area contributed by atoms with Crippen molar-refractivity contribution in [3.8, 4) is 5.69 Å². The summed E-state index contributed by atoms with van der Waals surface area (Å²) >= 11 is 0. The molecule has 0 aliphatic heterocycles. The van der Waals surface area contributed by atoms with Crippen molar-refractivity contribution in [1.82, 2.24) is 20.2 Å². The smallest absolute Gasteiger partial charge is 0.335 e. The van der Waals surface area contributed by atoms with Gasteiger partial charge in [-0.3, -0.25) is 0 Å². The molecule has 0 spiro atoms. The molecule has 0 radical (unpaired) electrons. The summed E-state index contributed by atoms with van der Waals surface area (Å²) in [5, 5.41) is 29.0. The van der Waals surface area contributed by atoms with Crippen LogP contribution in [0.25, 0.3) is 5.69 Å². The predicted octanol–water partition coefficient (Wildman–Crippen LogP) is 0.621. The molecule has 0 aliphatic rings. The van der Waals surface area contributed by atoms with Crippen LogP contribution in [0.2, 0.25) is 0 Å². The largest absolute Gasteiger partial charge is 0.478 e. The van der Waals surface area contributed by atoms with Crippen LogP contribution in [0.4, 0.5) is 0 Å². The normalized spacial score (nSPS) is 10.4. The van der Waals surface area contributed by atoms with Gasteiger partial charge in [0.2, 0.25) is 0 Å². The van der Waals surface area contributed by atoms with E-state index in [1.807, 2.05) is 6.92 Å². The Morgan fingerprint density at radius 3 is 2.21 bits per heavy atom. The Labute approximate surface area is 107 Å². The maximum atomic E-state index is 11.0. The van der Waals surface area contributed by atoms with Gasteiger partial charge < -0.3 is 10.2 Å². The van der Waals surface area contributed by atoms with Gasteiger partial charge in [-0.2, -0.15) is 4.68 Å². The van der Waals surface area contributed by atoms with Crippen molar-refractivity contribution >= 4 is 11.9 Å². The molecule has 8 nitrogen and oxygen atoms in total. The average molecular weight is 262 g/mol. The standard InChI is InChI=1S/C11H10N4O4/c1-2-9-12-13-14-15(9)8-4-6(10(16)17)3-7(5-8)11(18)19/h3-5H,2H2,1H3,(H,16,17)(H,18,19). The molecule has 98 valence electrons. The quantitative estimate of drug-likeness (QED) is 0.828. The molecule has 0 atom stereocenters. The monoisotopic (exact) mass is 262 g/mol. The molecule has 8 heteroatoms. The van der Waals surface area contributed by atoms with Crippen molar-refractivity contribution in [2.24, 2.45) is 0 Å². The molecular formula is C11H10N4O4. The van der Waals surface area contributed by atoms with Gasteiger partial charge in [0.25, 0.3) is 0 Å². The molecular weight excluding hydrogens is 252 g/mol. The fourth-order valence-corrected chi connectivity index (χ4v) is 1.61. The second-order valence-corrected chi connectivity index (χ2v) is 3.74. The molecule has 1 aromatic heterocycles. The minimum atomic E-state index is -1.21. The number of carboxylic acids is 2. The van der Waals surface area contributed by atoms with Gasteiger partial charge in [-0.1, -0.05) is 6.92 Å². The van der Waals surface area contributed by atoms with E-state index >= 15 is 0 Å². The van der Waals surface area contributed by atoms with Gasteiger partial charge in [0.1, 0.15) is 0 Å². The Hall–Kier alpha value is -2.77. The minimum absolute atomic E-state index is 0.132. The van der Waals surface area contributed by atoms with Crippen molar-refractivity contribution in [3.63, 3.8) is 0 Å². The van der Waals surface area contributed by atoms with E-state index in [0.717, 1.165) is 6.07 Å². The lowest BCUT2D eigenvalue weighted by Gasteiger charge is -2.06. The lowest BCUT2D eigenvalue weighted by molar-refractivity contribution is 0.0696. The van der Waals surface area contributed by atoms with E-state index in [1.54, 1.807) is 0 Å². The first-order chi connectivity index (χ1) is 9.02. The molecule has 0 unspecified atom stereocenters. The molecule has 0 saturated carbocycles. The maximum Gasteiger partial charge on any atom is 0.335 e. The van der Waals surface area contributed by atoms with Crippen LogP contribution in [0.1, 0.15) is 33.5 Å². The Balaban J connectivity index is 2.63. The molecule has 0 bridgehead atoms. The summed E-state index contributed by atoms with van der Waals surface area (Å²) in [6.07, 6.45) is 0.534. The van der Waals surface area contributed by atoms with Crippen LogP contribution in [0.5, 0.6) is 0 Å². The number of aromatic nitrogens is 4. The van der Waals surface area contributed by atoms with E-state index in [0.29, 0.717) is 17.9 Å². The minimum Gasteiger partial charge on any atom is -0.478 e. The zero-order chi connectivity index (χ0) is 14.0. The zero-order valence-electron chi connectivity index (χ0n) is 9.94. The number of rotatable bonds is 4. The third-order valence-electron chi connectivity index (χ3n) is 2.51. The first-order valence-corrected chi connectivity index (χ1v) is 5.42. The summed E-state index contributed by atoms with van der Waals surface area (Å²) in [6, 6.07) is 3.73. The lowest BCUT2D eigenvalue weighted by atomic mass is 10.1.